The summed E-state index contributed by atoms with van der Waals surface area (Å²) in [5, 5.41) is 20.9. The predicted molar refractivity (Wildman–Crippen MR) is 116 cm³/mol. The van der Waals surface area contributed by atoms with Crippen molar-refractivity contribution in [2.45, 2.75) is 19.8 Å². The molecule has 2 N–H and O–H groups in total. The van der Waals surface area contributed by atoms with Crippen LogP contribution in [-0.2, 0) is 16.0 Å². The first-order valence-corrected chi connectivity index (χ1v) is 9.90. The summed E-state index contributed by atoms with van der Waals surface area (Å²) in [5.41, 5.74) is 2.64. The third-order valence-corrected chi connectivity index (χ3v) is 4.53. The summed E-state index contributed by atoms with van der Waals surface area (Å²) in [6.07, 6.45) is 2.58. The van der Waals surface area contributed by atoms with Gasteiger partial charge in [0.1, 0.15) is 0 Å². The van der Waals surface area contributed by atoms with E-state index < -0.39 is 4.92 Å². The molecule has 0 unspecified atom stereocenters. The molecule has 1 heterocycles. The van der Waals surface area contributed by atoms with Crippen molar-refractivity contribution in [2.75, 3.05) is 13.1 Å². The normalized spacial score (nSPS) is 10.5. The maximum atomic E-state index is 12.4. The number of amides is 2. The van der Waals surface area contributed by atoms with E-state index in [2.05, 4.69) is 15.7 Å². The molecular formula is C22H23N5O4. The average Bonchev–Trinajstić information content (AvgIpc) is 3.20. The highest BCUT2D eigenvalue weighted by atomic mass is 16.6. The van der Waals surface area contributed by atoms with E-state index in [0.29, 0.717) is 23.4 Å². The average molecular weight is 421 g/mol. The zero-order valence-electron chi connectivity index (χ0n) is 17.1. The van der Waals surface area contributed by atoms with Crippen LogP contribution in [0.15, 0.2) is 60.8 Å². The largest absolute Gasteiger partial charge is 0.355 e. The Kier molecular flexibility index (Phi) is 7.10. The molecule has 0 spiro atoms. The number of nitrogens with zero attached hydrogens (tertiary/aromatic N) is 3. The number of nitro groups is 1. The van der Waals surface area contributed by atoms with Gasteiger partial charge in [-0.2, -0.15) is 5.10 Å². The molecule has 2 amide bonds. The van der Waals surface area contributed by atoms with E-state index in [0.717, 1.165) is 12.1 Å². The van der Waals surface area contributed by atoms with E-state index in [1.54, 1.807) is 23.0 Å². The summed E-state index contributed by atoms with van der Waals surface area (Å²) in [6, 6.07) is 15.4. The molecule has 3 aromatic rings. The highest BCUT2D eigenvalue weighted by Crippen LogP contribution is 2.26. The van der Waals surface area contributed by atoms with Crippen LogP contribution in [0, 0.1) is 10.1 Å². The van der Waals surface area contributed by atoms with Gasteiger partial charge in [-0.15, -0.1) is 0 Å². The van der Waals surface area contributed by atoms with Gasteiger partial charge in [-0.25, -0.2) is 4.68 Å². The van der Waals surface area contributed by atoms with E-state index in [9.17, 15) is 19.7 Å². The Morgan fingerprint density at radius 1 is 1.03 bits per heavy atom. The van der Waals surface area contributed by atoms with Crippen LogP contribution in [0.3, 0.4) is 0 Å². The monoisotopic (exact) mass is 421 g/mol. The lowest BCUT2D eigenvalue weighted by Gasteiger charge is -2.06. The van der Waals surface area contributed by atoms with Crippen LogP contribution in [-0.4, -0.2) is 39.6 Å². The predicted octanol–water partition coefficient (Wildman–Crippen LogP) is 2.63. The van der Waals surface area contributed by atoms with Crippen LogP contribution in [0.25, 0.3) is 16.9 Å². The number of nitro benzene ring substituents is 1. The zero-order chi connectivity index (χ0) is 22.2. The molecule has 3 rings (SSSR count). The Hall–Kier alpha value is -4.01. The maximum Gasteiger partial charge on any atom is 0.269 e. The van der Waals surface area contributed by atoms with Gasteiger partial charge in [0.2, 0.25) is 11.8 Å². The third-order valence-electron chi connectivity index (χ3n) is 4.53. The number of nitrogens with one attached hydrogen (secondary N) is 2. The Balaban J connectivity index is 1.83. The molecule has 9 heteroatoms. The molecule has 0 bridgehead atoms. The number of para-hydroxylation sites is 1. The first-order valence-electron chi connectivity index (χ1n) is 9.90. The molecular weight excluding hydrogens is 398 g/mol. The number of aromatic nitrogens is 2. The second-order valence-electron chi connectivity index (χ2n) is 6.89. The number of non-ortho nitro benzene ring substituents is 1. The van der Waals surface area contributed by atoms with Crippen molar-refractivity contribution in [3.05, 3.63) is 76.5 Å². The molecule has 0 aliphatic rings. The van der Waals surface area contributed by atoms with Gasteiger partial charge in [-0.05, 0) is 30.7 Å². The third kappa shape index (κ3) is 5.75. The van der Waals surface area contributed by atoms with Crippen molar-refractivity contribution in [3.8, 4) is 16.9 Å². The van der Waals surface area contributed by atoms with Gasteiger partial charge in [0.25, 0.3) is 5.69 Å². The summed E-state index contributed by atoms with van der Waals surface area (Å²) in [5.74, 6) is -0.562. The van der Waals surface area contributed by atoms with Crippen LogP contribution in [0.5, 0.6) is 0 Å². The fourth-order valence-corrected chi connectivity index (χ4v) is 2.98. The first-order chi connectivity index (χ1) is 15.0. The molecule has 0 saturated carbocycles. The van der Waals surface area contributed by atoms with E-state index in [1.807, 2.05) is 37.3 Å². The standard InChI is InChI=1S/C22H23N5O4/c1-2-12-23-21(29)14-24-20(28)13-17-15-26(18-6-4-3-5-7-18)25-22(17)16-8-10-19(11-9-16)27(30)31/h3-11,15H,2,12-14H2,1H3,(H,23,29)(H,24,28). The lowest BCUT2D eigenvalue weighted by molar-refractivity contribution is -0.384. The van der Waals surface area contributed by atoms with Crippen molar-refractivity contribution in [1.29, 1.82) is 0 Å². The van der Waals surface area contributed by atoms with Crippen LogP contribution < -0.4 is 10.6 Å². The molecule has 31 heavy (non-hydrogen) atoms. The van der Waals surface area contributed by atoms with E-state index in [1.165, 1.54) is 12.1 Å². The second-order valence-corrected chi connectivity index (χ2v) is 6.89. The Bertz CT molecular complexity index is 1060. The minimum absolute atomic E-state index is 0.0141. The van der Waals surface area contributed by atoms with Crippen molar-refractivity contribution < 1.29 is 14.5 Å². The van der Waals surface area contributed by atoms with Gasteiger partial charge in [-0.3, -0.25) is 19.7 Å². The number of benzene rings is 2. The Labute approximate surface area is 179 Å². The highest BCUT2D eigenvalue weighted by Gasteiger charge is 2.17. The van der Waals surface area contributed by atoms with Gasteiger partial charge in [0.15, 0.2) is 0 Å². The van der Waals surface area contributed by atoms with Crippen LogP contribution >= 0.6 is 0 Å². The number of rotatable bonds is 9. The van der Waals surface area contributed by atoms with E-state index in [4.69, 9.17) is 0 Å². The smallest absolute Gasteiger partial charge is 0.269 e. The van der Waals surface area contributed by atoms with Gasteiger partial charge < -0.3 is 10.6 Å². The van der Waals surface area contributed by atoms with Crippen molar-refractivity contribution in [2.24, 2.45) is 0 Å². The number of hydrogen-bond acceptors (Lipinski definition) is 5. The first kappa shape index (κ1) is 21.7. The Morgan fingerprint density at radius 2 is 1.74 bits per heavy atom. The van der Waals surface area contributed by atoms with Crippen molar-refractivity contribution in [3.63, 3.8) is 0 Å². The van der Waals surface area contributed by atoms with Gasteiger partial charge in [-0.1, -0.05) is 25.1 Å². The molecule has 0 atom stereocenters. The molecule has 0 fully saturated rings. The summed E-state index contributed by atoms with van der Waals surface area (Å²) in [7, 11) is 0. The molecule has 160 valence electrons. The number of carbonyl (C=O) groups is 2. The zero-order valence-corrected chi connectivity index (χ0v) is 17.1. The van der Waals surface area contributed by atoms with Crippen molar-refractivity contribution >= 4 is 17.5 Å². The molecule has 0 aliphatic carbocycles. The quantitative estimate of drug-likeness (QED) is 0.407. The summed E-state index contributed by atoms with van der Waals surface area (Å²) in [4.78, 5) is 34.6. The molecule has 0 saturated heterocycles. The maximum absolute atomic E-state index is 12.4. The fraction of sp³-hybridized carbons (Fsp3) is 0.227. The second kappa shape index (κ2) is 10.1. The van der Waals surface area contributed by atoms with Crippen LogP contribution in [0.2, 0.25) is 0 Å². The molecule has 0 aliphatic heterocycles. The lowest BCUT2D eigenvalue weighted by atomic mass is 10.1. The van der Waals surface area contributed by atoms with Crippen LogP contribution in [0.4, 0.5) is 5.69 Å². The fourth-order valence-electron chi connectivity index (χ4n) is 2.98. The molecule has 9 nitrogen and oxygen atoms in total. The molecule has 2 aromatic carbocycles. The molecule has 0 radical (unpaired) electrons. The Morgan fingerprint density at radius 3 is 2.39 bits per heavy atom. The van der Waals surface area contributed by atoms with Gasteiger partial charge in [0, 0.05) is 36.0 Å². The number of carbonyl (C=O) groups excluding carboxylic acids is 2. The summed E-state index contributed by atoms with van der Waals surface area (Å²) < 4.78 is 1.66. The summed E-state index contributed by atoms with van der Waals surface area (Å²) >= 11 is 0. The SMILES string of the molecule is CCCNC(=O)CNC(=O)Cc1cn(-c2ccccc2)nc1-c1ccc([N+](=O)[O-])cc1. The highest BCUT2D eigenvalue weighted by molar-refractivity contribution is 5.86. The summed E-state index contributed by atoms with van der Waals surface area (Å²) in [6.45, 7) is 2.41. The van der Waals surface area contributed by atoms with E-state index >= 15 is 0 Å². The lowest BCUT2D eigenvalue weighted by Crippen LogP contribution is -2.37. The van der Waals surface area contributed by atoms with Crippen LogP contribution in [0.1, 0.15) is 18.9 Å². The minimum Gasteiger partial charge on any atom is -0.355 e. The minimum atomic E-state index is -0.468. The number of hydrogen-bond donors (Lipinski definition) is 2. The molecule has 1 aromatic heterocycles. The van der Waals surface area contributed by atoms with E-state index in [-0.39, 0.29) is 30.5 Å². The topological polar surface area (TPSA) is 119 Å². The van der Waals surface area contributed by atoms with Gasteiger partial charge >= 0.3 is 0 Å². The van der Waals surface area contributed by atoms with Crippen molar-refractivity contribution in [1.82, 2.24) is 20.4 Å². The van der Waals surface area contributed by atoms with Gasteiger partial charge in [0.05, 0.1) is 29.3 Å².